The van der Waals surface area contributed by atoms with Crippen LogP contribution in [0.5, 0.6) is 5.75 Å². The first-order valence-corrected chi connectivity index (χ1v) is 9.74. The number of benzene rings is 2. The van der Waals surface area contributed by atoms with Crippen molar-refractivity contribution in [2.75, 3.05) is 13.7 Å². The van der Waals surface area contributed by atoms with Gasteiger partial charge < -0.3 is 9.30 Å². The second kappa shape index (κ2) is 7.47. The van der Waals surface area contributed by atoms with E-state index in [1.807, 2.05) is 18.3 Å². The van der Waals surface area contributed by atoms with E-state index in [1.165, 1.54) is 24.6 Å². The normalized spacial score (nSPS) is 11.8. The van der Waals surface area contributed by atoms with Gasteiger partial charge in [0, 0.05) is 24.8 Å². The molecule has 1 N–H and O–H groups in total. The molecule has 0 unspecified atom stereocenters. The van der Waals surface area contributed by atoms with Crippen molar-refractivity contribution >= 4 is 32.5 Å². The van der Waals surface area contributed by atoms with Crippen LogP contribution in [0.4, 0.5) is 0 Å². The van der Waals surface area contributed by atoms with Crippen LogP contribution in [0.2, 0.25) is 5.02 Å². The van der Waals surface area contributed by atoms with Crippen LogP contribution in [0.15, 0.2) is 59.6 Å². The van der Waals surface area contributed by atoms with E-state index in [0.29, 0.717) is 18.7 Å². The summed E-state index contributed by atoms with van der Waals surface area (Å²) in [5.74, 6) is 0.445. The van der Waals surface area contributed by atoms with E-state index in [0.717, 1.165) is 12.1 Å². The molecule has 25 heavy (non-hydrogen) atoms. The van der Waals surface area contributed by atoms with Crippen molar-refractivity contribution in [3.8, 4) is 5.75 Å². The average Bonchev–Trinajstić information content (AvgIpc) is 3.02. The van der Waals surface area contributed by atoms with Gasteiger partial charge in [0.15, 0.2) is 0 Å². The third-order valence-corrected chi connectivity index (χ3v) is 5.74. The minimum Gasteiger partial charge on any atom is -0.495 e. The van der Waals surface area contributed by atoms with Crippen LogP contribution in [0.1, 0.15) is 6.42 Å². The van der Waals surface area contributed by atoms with Gasteiger partial charge >= 0.3 is 0 Å². The molecule has 0 saturated carbocycles. The van der Waals surface area contributed by atoms with E-state index in [-0.39, 0.29) is 9.92 Å². The van der Waals surface area contributed by atoms with Gasteiger partial charge in [-0.05, 0) is 42.1 Å². The van der Waals surface area contributed by atoms with E-state index < -0.39 is 10.0 Å². The maximum atomic E-state index is 12.3. The summed E-state index contributed by atoms with van der Waals surface area (Å²) in [6.45, 7) is 1.08. The molecule has 132 valence electrons. The second-order valence-corrected chi connectivity index (χ2v) is 7.79. The van der Waals surface area contributed by atoms with Crippen molar-refractivity contribution in [3.05, 3.63) is 59.8 Å². The summed E-state index contributed by atoms with van der Waals surface area (Å²) >= 11 is 6.00. The Morgan fingerprint density at radius 1 is 1.16 bits per heavy atom. The highest BCUT2D eigenvalue weighted by Gasteiger charge is 2.15. The smallest absolute Gasteiger partial charge is 0.240 e. The lowest BCUT2D eigenvalue weighted by molar-refractivity contribution is 0.414. The fourth-order valence-corrected chi connectivity index (χ4v) is 4.11. The predicted molar refractivity (Wildman–Crippen MR) is 99.7 cm³/mol. The number of para-hydroxylation sites is 1. The highest BCUT2D eigenvalue weighted by molar-refractivity contribution is 7.89. The van der Waals surface area contributed by atoms with Crippen LogP contribution >= 0.6 is 11.6 Å². The summed E-state index contributed by atoms with van der Waals surface area (Å²) in [7, 11) is -2.11. The molecule has 7 heteroatoms. The lowest BCUT2D eigenvalue weighted by Crippen LogP contribution is -2.25. The molecule has 0 aliphatic carbocycles. The standard InChI is InChI=1S/C18H19ClN2O3S/c1-24-18-8-7-15(13-16(18)19)25(22,23)20-10-4-11-21-12-9-14-5-2-3-6-17(14)21/h2-3,5-9,12-13,20H,4,10-11H2,1H3. The maximum absolute atomic E-state index is 12.3. The predicted octanol–water partition coefficient (Wildman–Crippen LogP) is 3.67. The number of nitrogens with zero attached hydrogens (tertiary/aromatic N) is 1. The van der Waals surface area contributed by atoms with Crippen LogP contribution in [0.25, 0.3) is 10.9 Å². The monoisotopic (exact) mass is 378 g/mol. The molecule has 3 aromatic rings. The van der Waals surface area contributed by atoms with Gasteiger partial charge in [-0.15, -0.1) is 0 Å². The molecule has 0 saturated heterocycles. The summed E-state index contributed by atoms with van der Waals surface area (Å²) in [5.41, 5.74) is 1.15. The van der Waals surface area contributed by atoms with Crippen molar-refractivity contribution in [2.45, 2.75) is 17.9 Å². The van der Waals surface area contributed by atoms with Crippen LogP contribution < -0.4 is 9.46 Å². The Balaban J connectivity index is 1.60. The first-order chi connectivity index (χ1) is 12.0. The number of aryl methyl sites for hydroxylation is 1. The molecule has 0 bridgehead atoms. The highest BCUT2D eigenvalue weighted by atomic mass is 35.5. The molecule has 1 aromatic heterocycles. The SMILES string of the molecule is COc1ccc(S(=O)(=O)NCCCn2ccc3ccccc32)cc1Cl. The Labute approximate surface area is 152 Å². The molecule has 0 aliphatic rings. The summed E-state index contributed by atoms with van der Waals surface area (Å²) in [6.07, 6.45) is 2.70. The van der Waals surface area contributed by atoms with E-state index in [9.17, 15) is 8.42 Å². The number of sulfonamides is 1. The third kappa shape index (κ3) is 3.98. The van der Waals surface area contributed by atoms with Crippen molar-refractivity contribution in [1.82, 2.24) is 9.29 Å². The van der Waals surface area contributed by atoms with E-state index in [1.54, 1.807) is 6.07 Å². The fraction of sp³-hybridized carbons (Fsp3) is 0.222. The topological polar surface area (TPSA) is 60.3 Å². The van der Waals surface area contributed by atoms with Crippen molar-refractivity contribution < 1.29 is 13.2 Å². The molecule has 0 atom stereocenters. The summed E-state index contributed by atoms with van der Waals surface area (Å²) in [6, 6.07) is 14.6. The lowest BCUT2D eigenvalue weighted by atomic mass is 10.2. The summed E-state index contributed by atoms with van der Waals surface area (Å²) < 4.78 is 34.4. The lowest BCUT2D eigenvalue weighted by Gasteiger charge is -2.10. The summed E-state index contributed by atoms with van der Waals surface area (Å²) in [4.78, 5) is 0.129. The number of hydrogen-bond donors (Lipinski definition) is 1. The van der Waals surface area contributed by atoms with E-state index in [4.69, 9.17) is 16.3 Å². The molecule has 0 spiro atoms. The van der Waals surface area contributed by atoms with Gasteiger partial charge in [0.1, 0.15) is 5.75 Å². The van der Waals surface area contributed by atoms with Gasteiger partial charge in [0.05, 0.1) is 17.0 Å². The Bertz CT molecular complexity index is 983. The van der Waals surface area contributed by atoms with Gasteiger partial charge in [-0.25, -0.2) is 13.1 Å². The number of hydrogen-bond acceptors (Lipinski definition) is 3. The zero-order valence-electron chi connectivity index (χ0n) is 13.8. The van der Waals surface area contributed by atoms with Crippen molar-refractivity contribution in [3.63, 3.8) is 0 Å². The number of methoxy groups -OCH3 is 1. The van der Waals surface area contributed by atoms with Gasteiger partial charge in [0.2, 0.25) is 10.0 Å². The molecule has 0 aliphatic heterocycles. The minimum atomic E-state index is -3.59. The largest absolute Gasteiger partial charge is 0.495 e. The Kier molecular flexibility index (Phi) is 5.32. The Hall–Kier alpha value is -2.02. The quantitative estimate of drug-likeness (QED) is 0.638. The molecular formula is C18H19ClN2O3S. The molecular weight excluding hydrogens is 360 g/mol. The molecule has 0 radical (unpaired) electrons. The van der Waals surface area contributed by atoms with Gasteiger partial charge in [-0.2, -0.15) is 0 Å². The molecule has 5 nitrogen and oxygen atoms in total. The third-order valence-electron chi connectivity index (χ3n) is 3.98. The van der Waals surface area contributed by atoms with E-state index >= 15 is 0 Å². The fourth-order valence-electron chi connectivity index (χ4n) is 2.69. The minimum absolute atomic E-state index is 0.129. The number of fused-ring (bicyclic) bond motifs is 1. The molecule has 3 rings (SSSR count). The number of nitrogens with one attached hydrogen (secondary N) is 1. The van der Waals surface area contributed by atoms with Crippen LogP contribution in [-0.2, 0) is 16.6 Å². The highest BCUT2D eigenvalue weighted by Crippen LogP contribution is 2.26. The van der Waals surface area contributed by atoms with Gasteiger partial charge in [0.25, 0.3) is 0 Å². The number of rotatable bonds is 7. The van der Waals surface area contributed by atoms with Gasteiger partial charge in [-0.3, -0.25) is 0 Å². The molecule has 1 heterocycles. The maximum Gasteiger partial charge on any atom is 0.240 e. The first kappa shape index (κ1) is 17.8. The zero-order chi connectivity index (χ0) is 17.9. The second-order valence-electron chi connectivity index (χ2n) is 5.62. The number of ether oxygens (including phenoxy) is 1. The summed E-state index contributed by atoms with van der Waals surface area (Å²) in [5, 5.41) is 1.44. The molecule has 0 amide bonds. The number of halogens is 1. The van der Waals surface area contributed by atoms with E-state index in [2.05, 4.69) is 27.5 Å². The number of aromatic nitrogens is 1. The average molecular weight is 379 g/mol. The Morgan fingerprint density at radius 2 is 1.96 bits per heavy atom. The Morgan fingerprint density at radius 3 is 2.72 bits per heavy atom. The van der Waals surface area contributed by atoms with Crippen LogP contribution in [0, 0.1) is 0 Å². The van der Waals surface area contributed by atoms with Crippen molar-refractivity contribution in [2.24, 2.45) is 0 Å². The molecule has 2 aromatic carbocycles. The first-order valence-electron chi connectivity index (χ1n) is 7.88. The van der Waals surface area contributed by atoms with Crippen LogP contribution in [-0.4, -0.2) is 26.6 Å². The van der Waals surface area contributed by atoms with Crippen LogP contribution in [0.3, 0.4) is 0 Å². The van der Waals surface area contributed by atoms with Gasteiger partial charge in [-0.1, -0.05) is 29.8 Å². The zero-order valence-corrected chi connectivity index (χ0v) is 15.3. The molecule has 0 fully saturated rings. The van der Waals surface area contributed by atoms with Crippen molar-refractivity contribution in [1.29, 1.82) is 0 Å².